The van der Waals surface area contributed by atoms with E-state index >= 15 is 0 Å². The third-order valence-corrected chi connectivity index (χ3v) is 6.53. The van der Waals surface area contributed by atoms with Crippen molar-refractivity contribution in [3.8, 4) is 22.9 Å². The molecule has 5 rings (SSSR count). The first-order valence-electron chi connectivity index (χ1n) is 12.5. The van der Waals surface area contributed by atoms with Gasteiger partial charge >= 0.3 is 0 Å². The highest BCUT2D eigenvalue weighted by atomic mass is 19.1. The molecule has 1 saturated heterocycles. The smallest absolute Gasteiger partial charge is 0.257 e. The van der Waals surface area contributed by atoms with Gasteiger partial charge in [-0.3, -0.25) is 4.79 Å². The van der Waals surface area contributed by atoms with Gasteiger partial charge in [-0.1, -0.05) is 54.6 Å². The van der Waals surface area contributed by atoms with Crippen molar-refractivity contribution in [3.63, 3.8) is 0 Å². The molecule has 1 aliphatic rings. The second-order valence-corrected chi connectivity index (χ2v) is 9.34. The number of carbonyl (C=O) groups excluding carboxylic acids is 1. The van der Waals surface area contributed by atoms with Crippen LogP contribution in [0, 0.1) is 12.7 Å². The average Bonchev–Trinajstić information content (AvgIpc) is 3.52. The molecule has 7 heteroatoms. The molecule has 6 nitrogen and oxygen atoms in total. The van der Waals surface area contributed by atoms with Crippen molar-refractivity contribution in [1.29, 1.82) is 0 Å². The molecule has 0 unspecified atom stereocenters. The van der Waals surface area contributed by atoms with Gasteiger partial charge < -0.3 is 14.4 Å². The van der Waals surface area contributed by atoms with Crippen molar-refractivity contribution in [2.24, 2.45) is 7.05 Å². The minimum atomic E-state index is -0.546. The Labute approximate surface area is 216 Å². The summed E-state index contributed by atoms with van der Waals surface area (Å²) in [5.74, 6) is 0.270. The van der Waals surface area contributed by atoms with Crippen LogP contribution in [0.3, 0.4) is 0 Å². The van der Waals surface area contributed by atoms with E-state index in [9.17, 15) is 9.18 Å². The standard InChI is InChI=1S/C30H30FN3O3/c1-21-10-8-13-23(18-21)37-30-26(28(32-33(30)2)22-11-4-3-5-12-22)20-34(19-24-14-9-17-36-24)29(35)25-15-6-7-16-27(25)31/h3-8,10-13,15-16,18,24H,9,14,17,19-20H2,1-2H3/t24-/m1/s1. The summed E-state index contributed by atoms with van der Waals surface area (Å²) < 4.78 is 28.6. The van der Waals surface area contributed by atoms with Crippen molar-refractivity contribution in [2.45, 2.75) is 32.4 Å². The highest BCUT2D eigenvalue weighted by molar-refractivity contribution is 5.94. The average molecular weight is 500 g/mol. The molecule has 1 atom stereocenters. The third kappa shape index (κ3) is 5.57. The molecule has 4 aromatic rings. The summed E-state index contributed by atoms with van der Waals surface area (Å²) in [6, 6.07) is 23.7. The number of amides is 1. The van der Waals surface area contributed by atoms with Gasteiger partial charge in [0, 0.05) is 25.8 Å². The number of nitrogens with zero attached hydrogens (tertiary/aromatic N) is 3. The molecule has 0 saturated carbocycles. The second kappa shape index (κ2) is 11.0. The quantitative estimate of drug-likeness (QED) is 0.292. The Morgan fingerprint density at radius 3 is 2.62 bits per heavy atom. The van der Waals surface area contributed by atoms with Crippen LogP contribution in [-0.2, 0) is 18.3 Å². The van der Waals surface area contributed by atoms with E-state index in [2.05, 4.69) is 0 Å². The molecular formula is C30H30FN3O3. The lowest BCUT2D eigenvalue weighted by molar-refractivity contribution is 0.0502. The Kier molecular flexibility index (Phi) is 7.32. The molecule has 0 bridgehead atoms. The van der Waals surface area contributed by atoms with E-state index in [4.69, 9.17) is 14.6 Å². The van der Waals surface area contributed by atoms with Gasteiger partial charge in [0.2, 0.25) is 5.88 Å². The lowest BCUT2D eigenvalue weighted by atomic mass is 10.1. The Balaban J connectivity index is 1.57. The molecule has 3 aromatic carbocycles. The first-order valence-corrected chi connectivity index (χ1v) is 12.5. The fourth-order valence-electron chi connectivity index (χ4n) is 4.69. The first-order chi connectivity index (χ1) is 18.0. The number of halogens is 1. The number of hydrogen-bond donors (Lipinski definition) is 0. The Morgan fingerprint density at radius 1 is 1.11 bits per heavy atom. The number of rotatable bonds is 8. The van der Waals surface area contributed by atoms with Gasteiger partial charge in [-0.05, 0) is 49.6 Å². The predicted octanol–water partition coefficient (Wildman–Crippen LogP) is 6.15. The molecule has 0 spiro atoms. The molecule has 0 radical (unpaired) electrons. The van der Waals surface area contributed by atoms with Gasteiger partial charge in [0.15, 0.2) is 0 Å². The summed E-state index contributed by atoms with van der Waals surface area (Å²) in [6.07, 6.45) is 1.69. The van der Waals surface area contributed by atoms with Crippen LogP contribution < -0.4 is 4.74 Å². The highest BCUT2D eigenvalue weighted by Crippen LogP contribution is 2.35. The molecule has 0 N–H and O–H groups in total. The van der Waals surface area contributed by atoms with Crippen LogP contribution in [-0.4, -0.2) is 39.8 Å². The predicted molar refractivity (Wildman–Crippen MR) is 140 cm³/mol. The fraction of sp³-hybridized carbons (Fsp3) is 0.267. The number of aryl methyl sites for hydroxylation is 2. The summed E-state index contributed by atoms with van der Waals surface area (Å²) in [5, 5.41) is 4.78. The highest BCUT2D eigenvalue weighted by Gasteiger charge is 2.29. The normalized spacial score (nSPS) is 15.1. The van der Waals surface area contributed by atoms with Gasteiger partial charge in [-0.2, -0.15) is 5.10 Å². The van der Waals surface area contributed by atoms with Crippen LogP contribution in [0.5, 0.6) is 11.6 Å². The van der Waals surface area contributed by atoms with E-state index in [0.717, 1.165) is 29.5 Å². The number of benzene rings is 3. The molecule has 0 aliphatic carbocycles. The maximum Gasteiger partial charge on any atom is 0.257 e. The van der Waals surface area contributed by atoms with Crippen LogP contribution in [0.4, 0.5) is 4.39 Å². The monoisotopic (exact) mass is 499 g/mol. The Hall–Kier alpha value is -3.97. The molecule has 1 aromatic heterocycles. The molecule has 2 heterocycles. The number of carbonyl (C=O) groups is 1. The largest absolute Gasteiger partial charge is 0.439 e. The summed E-state index contributed by atoms with van der Waals surface area (Å²) in [6.45, 7) is 3.20. The van der Waals surface area contributed by atoms with Gasteiger partial charge in [0.1, 0.15) is 17.3 Å². The van der Waals surface area contributed by atoms with Crippen molar-refractivity contribution >= 4 is 5.91 Å². The van der Waals surface area contributed by atoms with Gasteiger partial charge in [0.05, 0.1) is 23.8 Å². The Bertz CT molecular complexity index is 1380. The first kappa shape index (κ1) is 24.7. The number of ether oxygens (including phenoxy) is 2. The minimum absolute atomic E-state index is 0.0341. The van der Waals surface area contributed by atoms with E-state index < -0.39 is 11.7 Å². The molecule has 1 amide bonds. The zero-order valence-electron chi connectivity index (χ0n) is 21.1. The van der Waals surface area contributed by atoms with Crippen LogP contribution >= 0.6 is 0 Å². The minimum Gasteiger partial charge on any atom is -0.439 e. The zero-order chi connectivity index (χ0) is 25.8. The molecule has 37 heavy (non-hydrogen) atoms. The van der Waals surface area contributed by atoms with E-state index in [0.29, 0.717) is 30.5 Å². The molecular weight excluding hydrogens is 469 g/mol. The third-order valence-electron chi connectivity index (χ3n) is 6.53. The summed E-state index contributed by atoms with van der Waals surface area (Å²) in [5.41, 5.74) is 3.47. The summed E-state index contributed by atoms with van der Waals surface area (Å²) >= 11 is 0. The van der Waals surface area contributed by atoms with Crippen molar-refractivity contribution in [1.82, 2.24) is 14.7 Å². The van der Waals surface area contributed by atoms with Crippen LogP contribution in [0.15, 0.2) is 78.9 Å². The van der Waals surface area contributed by atoms with Crippen molar-refractivity contribution in [3.05, 3.63) is 101 Å². The zero-order valence-corrected chi connectivity index (χ0v) is 21.1. The lowest BCUT2D eigenvalue weighted by Gasteiger charge is -2.26. The summed E-state index contributed by atoms with van der Waals surface area (Å²) in [4.78, 5) is 15.3. The SMILES string of the molecule is Cc1cccc(Oc2c(CN(C[C@H]3CCCO3)C(=O)c3ccccc3F)c(-c3ccccc3)nn2C)c1. The van der Waals surface area contributed by atoms with Crippen LogP contribution in [0.2, 0.25) is 0 Å². The molecule has 190 valence electrons. The van der Waals surface area contributed by atoms with E-state index in [-0.39, 0.29) is 18.2 Å². The van der Waals surface area contributed by atoms with Crippen molar-refractivity contribution in [2.75, 3.05) is 13.2 Å². The van der Waals surface area contributed by atoms with Gasteiger partial charge in [-0.15, -0.1) is 0 Å². The molecule has 1 aliphatic heterocycles. The van der Waals surface area contributed by atoms with Crippen molar-refractivity contribution < 1.29 is 18.7 Å². The second-order valence-electron chi connectivity index (χ2n) is 9.34. The van der Waals surface area contributed by atoms with Gasteiger partial charge in [-0.25, -0.2) is 9.07 Å². The van der Waals surface area contributed by atoms with E-state index in [1.54, 1.807) is 21.7 Å². The maximum absolute atomic E-state index is 14.7. The Morgan fingerprint density at radius 2 is 1.89 bits per heavy atom. The number of aromatic nitrogens is 2. The number of hydrogen-bond acceptors (Lipinski definition) is 4. The van der Waals surface area contributed by atoms with Gasteiger partial charge in [0.25, 0.3) is 5.91 Å². The van der Waals surface area contributed by atoms with Crippen LogP contribution in [0.25, 0.3) is 11.3 Å². The maximum atomic E-state index is 14.7. The summed E-state index contributed by atoms with van der Waals surface area (Å²) in [7, 11) is 1.82. The molecule has 1 fully saturated rings. The topological polar surface area (TPSA) is 56.6 Å². The van der Waals surface area contributed by atoms with E-state index in [1.807, 2.05) is 68.6 Å². The lowest BCUT2D eigenvalue weighted by Crippen LogP contribution is -2.37. The van der Waals surface area contributed by atoms with Crippen LogP contribution in [0.1, 0.15) is 34.3 Å². The fourth-order valence-corrected chi connectivity index (χ4v) is 4.69. The van der Waals surface area contributed by atoms with E-state index in [1.165, 1.54) is 12.1 Å².